The molecule has 12 heteroatoms. The van der Waals surface area contributed by atoms with Crippen LogP contribution >= 0.6 is 0 Å². The highest BCUT2D eigenvalue weighted by Crippen LogP contribution is 2.24. The SMILES string of the molecule is CS(=O)(=O)NNc1ccc([N+](=O)[O-])cc1S(N)(=O)=O. The zero-order chi connectivity index (χ0) is 14.8. The normalized spacial score (nSPS) is 12.1. The highest BCUT2D eigenvalue weighted by atomic mass is 32.2. The van der Waals surface area contributed by atoms with Gasteiger partial charge in [-0.15, -0.1) is 4.83 Å². The summed E-state index contributed by atoms with van der Waals surface area (Å²) in [6.45, 7) is 0. The monoisotopic (exact) mass is 310 g/mol. The van der Waals surface area contributed by atoms with Crippen LogP contribution in [0, 0.1) is 10.1 Å². The Labute approximate surface area is 108 Å². The van der Waals surface area contributed by atoms with Crippen molar-refractivity contribution in [2.24, 2.45) is 5.14 Å². The van der Waals surface area contributed by atoms with Crippen molar-refractivity contribution in [2.75, 3.05) is 11.7 Å². The summed E-state index contributed by atoms with van der Waals surface area (Å²) < 4.78 is 44.3. The van der Waals surface area contributed by atoms with E-state index in [-0.39, 0.29) is 5.69 Å². The molecule has 19 heavy (non-hydrogen) atoms. The van der Waals surface area contributed by atoms with Gasteiger partial charge in [0.05, 0.1) is 16.9 Å². The van der Waals surface area contributed by atoms with Crippen molar-refractivity contribution in [3.8, 4) is 0 Å². The van der Waals surface area contributed by atoms with Crippen LogP contribution in [0.5, 0.6) is 0 Å². The molecule has 4 N–H and O–H groups in total. The predicted molar refractivity (Wildman–Crippen MR) is 66.1 cm³/mol. The molecule has 0 radical (unpaired) electrons. The molecule has 0 bridgehead atoms. The van der Waals surface area contributed by atoms with E-state index in [1.54, 1.807) is 0 Å². The van der Waals surface area contributed by atoms with Gasteiger partial charge in [-0.05, 0) is 6.07 Å². The van der Waals surface area contributed by atoms with Crippen molar-refractivity contribution in [3.63, 3.8) is 0 Å². The maximum Gasteiger partial charge on any atom is 0.270 e. The minimum Gasteiger partial charge on any atom is -0.307 e. The lowest BCUT2D eigenvalue weighted by Gasteiger charge is -2.10. The Balaban J connectivity index is 3.29. The highest BCUT2D eigenvalue weighted by Gasteiger charge is 2.19. The number of hydrazine groups is 1. The van der Waals surface area contributed by atoms with Crippen LogP contribution in [0.4, 0.5) is 11.4 Å². The molecule has 1 rings (SSSR count). The van der Waals surface area contributed by atoms with Gasteiger partial charge in [-0.3, -0.25) is 10.1 Å². The fourth-order valence-electron chi connectivity index (χ4n) is 1.11. The van der Waals surface area contributed by atoms with Gasteiger partial charge in [0.1, 0.15) is 4.90 Å². The zero-order valence-corrected chi connectivity index (χ0v) is 11.2. The third kappa shape index (κ3) is 4.44. The summed E-state index contributed by atoms with van der Waals surface area (Å²) in [6.07, 6.45) is 0.835. The summed E-state index contributed by atoms with van der Waals surface area (Å²) >= 11 is 0. The van der Waals surface area contributed by atoms with Gasteiger partial charge in [0.15, 0.2) is 0 Å². The number of primary sulfonamides is 1. The second-order valence-corrected chi connectivity index (χ2v) is 6.76. The molecule has 0 aromatic heterocycles. The van der Waals surface area contributed by atoms with E-state index in [4.69, 9.17) is 5.14 Å². The molecule has 0 fully saturated rings. The summed E-state index contributed by atoms with van der Waals surface area (Å²) in [6, 6.07) is 2.75. The first-order chi connectivity index (χ1) is 8.50. The number of nitro groups is 1. The first-order valence-electron chi connectivity index (χ1n) is 4.55. The summed E-state index contributed by atoms with van der Waals surface area (Å²) in [4.78, 5) is 11.0. The Morgan fingerprint density at radius 1 is 1.26 bits per heavy atom. The number of nitro benzene ring substituents is 1. The molecule has 10 nitrogen and oxygen atoms in total. The van der Waals surface area contributed by atoms with E-state index in [9.17, 15) is 26.9 Å². The Morgan fingerprint density at radius 3 is 2.26 bits per heavy atom. The lowest BCUT2D eigenvalue weighted by Crippen LogP contribution is -2.29. The topological polar surface area (TPSA) is 162 Å². The number of hydrogen-bond donors (Lipinski definition) is 3. The molecule has 0 spiro atoms. The van der Waals surface area contributed by atoms with Gasteiger partial charge >= 0.3 is 0 Å². The Hall–Kier alpha value is -1.76. The summed E-state index contributed by atoms with van der Waals surface area (Å²) in [5, 5.41) is 15.4. The van der Waals surface area contributed by atoms with Gasteiger partial charge in [0.25, 0.3) is 5.69 Å². The van der Waals surface area contributed by atoms with Gasteiger partial charge in [-0.2, -0.15) is 0 Å². The summed E-state index contributed by atoms with van der Waals surface area (Å²) in [7, 11) is -7.90. The maximum absolute atomic E-state index is 11.3. The van der Waals surface area contributed by atoms with Crippen LogP contribution < -0.4 is 15.4 Å². The molecular weight excluding hydrogens is 300 g/mol. The third-order valence-corrected chi connectivity index (χ3v) is 3.28. The molecule has 0 saturated heterocycles. The number of anilines is 1. The van der Waals surface area contributed by atoms with Crippen molar-refractivity contribution < 1.29 is 21.8 Å². The molecule has 0 atom stereocenters. The maximum atomic E-state index is 11.3. The Bertz CT molecular complexity index is 711. The predicted octanol–water partition coefficient (Wildman–Crippen LogP) is -0.882. The number of nitrogens with two attached hydrogens (primary N) is 1. The molecule has 0 unspecified atom stereocenters. The molecule has 1 aromatic rings. The van der Waals surface area contributed by atoms with Crippen LogP contribution in [0.1, 0.15) is 0 Å². The van der Waals surface area contributed by atoms with Gasteiger partial charge < -0.3 is 5.43 Å². The Kier molecular flexibility index (Phi) is 4.09. The van der Waals surface area contributed by atoms with Gasteiger partial charge in [0, 0.05) is 12.1 Å². The third-order valence-electron chi connectivity index (χ3n) is 1.85. The van der Waals surface area contributed by atoms with E-state index in [1.807, 2.05) is 4.83 Å². The smallest absolute Gasteiger partial charge is 0.270 e. The molecule has 0 heterocycles. The van der Waals surface area contributed by atoms with Crippen LogP contribution in [0.3, 0.4) is 0 Å². The highest BCUT2D eigenvalue weighted by molar-refractivity contribution is 7.89. The van der Waals surface area contributed by atoms with Gasteiger partial charge in [-0.25, -0.2) is 22.0 Å². The molecule has 1 aromatic carbocycles. The molecule has 0 saturated carbocycles. The molecule has 0 amide bonds. The number of sulfonamides is 2. The van der Waals surface area contributed by atoms with Crippen LogP contribution in [-0.4, -0.2) is 28.0 Å². The van der Waals surface area contributed by atoms with Crippen molar-refractivity contribution in [1.29, 1.82) is 0 Å². The first-order valence-corrected chi connectivity index (χ1v) is 7.98. The van der Waals surface area contributed by atoms with E-state index in [1.165, 1.54) is 0 Å². The van der Waals surface area contributed by atoms with Crippen molar-refractivity contribution in [3.05, 3.63) is 28.3 Å². The molecular formula is C7H10N4O6S2. The van der Waals surface area contributed by atoms with Crippen molar-refractivity contribution in [1.82, 2.24) is 4.83 Å². The van der Waals surface area contributed by atoms with E-state index in [2.05, 4.69) is 5.43 Å². The second kappa shape index (κ2) is 5.08. The number of hydrogen-bond acceptors (Lipinski definition) is 7. The van der Waals surface area contributed by atoms with Crippen LogP contribution in [0.15, 0.2) is 23.1 Å². The van der Waals surface area contributed by atoms with E-state index in [0.29, 0.717) is 0 Å². The van der Waals surface area contributed by atoms with E-state index >= 15 is 0 Å². The Morgan fingerprint density at radius 2 is 1.84 bits per heavy atom. The fourth-order valence-corrected chi connectivity index (χ4v) is 2.12. The van der Waals surface area contributed by atoms with Gasteiger partial charge in [-0.1, -0.05) is 0 Å². The molecule has 0 aliphatic heterocycles. The number of nitrogens with one attached hydrogen (secondary N) is 2. The number of nitrogens with zero attached hydrogens (tertiary/aromatic N) is 1. The van der Waals surface area contributed by atoms with E-state index in [0.717, 1.165) is 24.5 Å². The van der Waals surface area contributed by atoms with Crippen LogP contribution in [0.2, 0.25) is 0 Å². The lowest BCUT2D eigenvalue weighted by molar-refractivity contribution is -0.385. The van der Waals surface area contributed by atoms with Crippen molar-refractivity contribution >= 4 is 31.4 Å². The van der Waals surface area contributed by atoms with Crippen molar-refractivity contribution in [2.45, 2.75) is 4.90 Å². The largest absolute Gasteiger partial charge is 0.307 e. The number of benzene rings is 1. The fraction of sp³-hybridized carbons (Fsp3) is 0.143. The average molecular weight is 310 g/mol. The molecule has 106 valence electrons. The lowest BCUT2D eigenvalue weighted by atomic mass is 10.3. The number of rotatable bonds is 5. The second-order valence-electron chi connectivity index (χ2n) is 3.48. The van der Waals surface area contributed by atoms with Crippen LogP contribution in [-0.2, 0) is 20.0 Å². The molecule has 0 aliphatic rings. The average Bonchev–Trinajstić information content (AvgIpc) is 2.23. The van der Waals surface area contributed by atoms with Crippen LogP contribution in [0.25, 0.3) is 0 Å². The number of non-ortho nitro benzene ring substituents is 1. The van der Waals surface area contributed by atoms with Gasteiger partial charge in [0.2, 0.25) is 20.0 Å². The van der Waals surface area contributed by atoms with E-state index < -0.39 is 35.6 Å². The standard InChI is InChI=1S/C7H10N4O6S2/c1-18(14,15)10-9-6-3-2-5(11(12)13)4-7(6)19(8,16)17/h2-4,9-10H,1H3,(H2,8,16,17). The minimum atomic E-state index is -4.26. The minimum absolute atomic E-state index is 0.224. The first kappa shape index (κ1) is 15.3. The quantitative estimate of drug-likeness (QED) is 0.469. The summed E-state index contributed by atoms with van der Waals surface area (Å²) in [5.41, 5.74) is 1.39. The molecule has 0 aliphatic carbocycles. The summed E-state index contributed by atoms with van der Waals surface area (Å²) in [5.74, 6) is 0. The zero-order valence-electron chi connectivity index (χ0n) is 9.52.